The normalized spacial score (nSPS) is 15.5. The van der Waals surface area contributed by atoms with E-state index >= 15 is 0 Å². The van der Waals surface area contributed by atoms with E-state index < -0.39 is 46.3 Å². The van der Waals surface area contributed by atoms with Crippen LogP contribution in [0, 0.1) is 0 Å². The summed E-state index contributed by atoms with van der Waals surface area (Å²) in [4.78, 5) is 51.5. The number of esters is 1. The van der Waals surface area contributed by atoms with E-state index in [1.165, 1.54) is 41.9 Å². The first-order chi connectivity index (χ1) is 17.5. The Morgan fingerprint density at radius 1 is 1.14 bits per heavy atom. The minimum Gasteiger partial charge on any atom is -0.465 e. The van der Waals surface area contributed by atoms with Gasteiger partial charge in [0.15, 0.2) is 5.58 Å². The molecule has 2 aromatic carbocycles. The van der Waals surface area contributed by atoms with Crippen LogP contribution < -0.4 is 17.0 Å². The Hall–Kier alpha value is -4.35. The molecule has 1 atom stereocenters. The molecule has 37 heavy (non-hydrogen) atoms. The number of benzene rings is 2. The van der Waals surface area contributed by atoms with Crippen molar-refractivity contribution in [3.05, 3.63) is 96.2 Å². The lowest BCUT2D eigenvalue weighted by atomic mass is 9.84. The van der Waals surface area contributed by atoms with Gasteiger partial charge in [-0.3, -0.25) is 18.5 Å². The van der Waals surface area contributed by atoms with Crippen molar-refractivity contribution in [2.24, 2.45) is 7.05 Å². The van der Waals surface area contributed by atoms with Crippen LogP contribution in [-0.4, -0.2) is 26.8 Å². The first kappa shape index (κ1) is 24.3. The third-order valence-electron chi connectivity index (χ3n) is 6.67. The number of hydrogen-bond acceptors (Lipinski definition) is 6. The molecular formula is C25H20F3N3O6. The molecule has 1 aliphatic rings. The Labute approximate surface area is 205 Å². The molecule has 0 unspecified atom stereocenters. The van der Waals surface area contributed by atoms with Crippen LogP contribution in [0.1, 0.15) is 45.9 Å². The second-order valence-corrected chi connectivity index (χ2v) is 8.72. The molecule has 0 aliphatic heterocycles. The Bertz CT molecular complexity index is 1740. The zero-order chi connectivity index (χ0) is 26.6. The van der Waals surface area contributed by atoms with Gasteiger partial charge in [-0.25, -0.2) is 14.4 Å². The first-order valence-corrected chi connectivity index (χ1v) is 11.3. The van der Waals surface area contributed by atoms with Crippen LogP contribution in [0.3, 0.4) is 0 Å². The number of carbonyl (C=O) groups excluding carboxylic acids is 1. The average molecular weight is 515 g/mol. The smallest absolute Gasteiger partial charge is 0.419 e. The molecule has 0 saturated carbocycles. The van der Waals surface area contributed by atoms with Gasteiger partial charge in [0, 0.05) is 19.3 Å². The topological polar surface area (TPSA) is 105 Å². The van der Waals surface area contributed by atoms with Crippen molar-refractivity contribution in [3.8, 4) is 5.69 Å². The molecule has 0 radical (unpaired) electrons. The van der Waals surface area contributed by atoms with E-state index in [2.05, 4.69) is 0 Å². The minimum atomic E-state index is -4.61. The number of hydrogen-bond donors (Lipinski definition) is 0. The molecule has 0 bridgehead atoms. The van der Waals surface area contributed by atoms with Crippen LogP contribution in [0.5, 0.6) is 0 Å². The number of aromatic nitrogens is 3. The molecule has 4 aromatic rings. The predicted octanol–water partition coefficient (Wildman–Crippen LogP) is 3.18. The molecule has 0 fully saturated rings. The van der Waals surface area contributed by atoms with Crippen molar-refractivity contribution < 1.29 is 27.1 Å². The van der Waals surface area contributed by atoms with E-state index in [1.807, 2.05) is 0 Å². The highest BCUT2D eigenvalue weighted by atomic mass is 19.4. The van der Waals surface area contributed by atoms with Gasteiger partial charge in [0.05, 0.1) is 29.9 Å². The van der Waals surface area contributed by atoms with Crippen LogP contribution in [0.4, 0.5) is 13.2 Å². The van der Waals surface area contributed by atoms with Crippen molar-refractivity contribution in [1.82, 2.24) is 13.7 Å². The fourth-order valence-corrected chi connectivity index (χ4v) is 4.91. The maximum atomic E-state index is 13.7. The van der Waals surface area contributed by atoms with Crippen LogP contribution in [0.2, 0.25) is 0 Å². The Kier molecular flexibility index (Phi) is 5.69. The highest BCUT2D eigenvalue weighted by Crippen LogP contribution is 2.40. The second-order valence-electron chi connectivity index (χ2n) is 8.72. The van der Waals surface area contributed by atoms with E-state index in [1.54, 1.807) is 0 Å². The molecule has 5 rings (SSSR count). The number of carbonyl (C=O) groups is 1. The van der Waals surface area contributed by atoms with Gasteiger partial charge in [0.25, 0.3) is 5.56 Å². The lowest BCUT2D eigenvalue weighted by Gasteiger charge is -2.29. The number of rotatable bonds is 3. The number of aryl methyl sites for hydroxylation is 1. The number of alkyl halides is 3. The molecule has 12 heteroatoms. The van der Waals surface area contributed by atoms with Gasteiger partial charge in [-0.15, -0.1) is 0 Å². The first-order valence-electron chi connectivity index (χ1n) is 11.3. The van der Waals surface area contributed by atoms with Crippen molar-refractivity contribution in [2.75, 3.05) is 7.11 Å². The standard InChI is InChI=1S/C25H20F3N3O6/c1-29-19-10-9-13(11-20(19)37-24(29)35)30-12-16(22(33)36-2)21(32)31(23(30)34)18-8-4-5-14-15(18)6-3-7-17(14)25(26,27)28/h3,6-7,9-12,18H,4-5,8H2,1-2H3/t18-/m1/s1. The van der Waals surface area contributed by atoms with Gasteiger partial charge in [-0.05, 0) is 48.6 Å². The molecule has 2 heterocycles. The second kappa shape index (κ2) is 8.64. The lowest BCUT2D eigenvalue weighted by molar-refractivity contribution is -0.138. The number of nitrogens with zero attached hydrogens (tertiary/aromatic N) is 3. The van der Waals surface area contributed by atoms with E-state index in [0.717, 1.165) is 28.5 Å². The van der Waals surface area contributed by atoms with Gasteiger partial charge in [-0.2, -0.15) is 13.2 Å². The summed E-state index contributed by atoms with van der Waals surface area (Å²) in [5, 5.41) is 0. The van der Waals surface area contributed by atoms with Crippen LogP contribution >= 0.6 is 0 Å². The number of halogens is 3. The minimum absolute atomic E-state index is 0.0139. The largest absolute Gasteiger partial charge is 0.465 e. The molecule has 0 saturated heterocycles. The number of ether oxygens (including phenoxy) is 1. The van der Waals surface area contributed by atoms with E-state index in [4.69, 9.17) is 9.15 Å². The van der Waals surface area contributed by atoms with Gasteiger partial charge in [0.1, 0.15) is 5.56 Å². The highest BCUT2D eigenvalue weighted by molar-refractivity contribution is 5.88. The molecule has 0 amide bonds. The zero-order valence-electron chi connectivity index (χ0n) is 19.7. The van der Waals surface area contributed by atoms with Gasteiger partial charge in [0.2, 0.25) is 0 Å². The Morgan fingerprint density at radius 3 is 2.59 bits per heavy atom. The van der Waals surface area contributed by atoms with Crippen LogP contribution in [-0.2, 0) is 24.4 Å². The number of oxazole rings is 1. The summed E-state index contributed by atoms with van der Waals surface area (Å²) < 4.78 is 54.1. The SMILES string of the molecule is COC(=O)c1cn(-c2ccc3c(c2)oc(=O)n3C)c(=O)n([C@@H]2CCCc3c2cccc3C(F)(F)F)c1=O. The molecule has 2 aromatic heterocycles. The predicted molar refractivity (Wildman–Crippen MR) is 125 cm³/mol. The molecule has 9 nitrogen and oxygen atoms in total. The summed E-state index contributed by atoms with van der Waals surface area (Å²) >= 11 is 0. The Balaban J connectivity index is 1.79. The fourth-order valence-electron chi connectivity index (χ4n) is 4.91. The van der Waals surface area contributed by atoms with E-state index in [0.29, 0.717) is 11.9 Å². The maximum Gasteiger partial charge on any atom is 0.419 e. The van der Waals surface area contributed by atoms with Gasteiger partial charge < -0.3 is 9.15 Å². The molecule has 0 N–H and O–H groups in total. The summed E-state index contributed by atoms with van der Waals surface area (Å²) in [6.07, 6.45) is -2.96. The monoisotopic (exact) mass is 515 g/mol. The van der Waals surface area contributed by atoms with E-state index in [-0.39, 0.29) is 35.2 Å². The summed E-state index contributed by atoms with van der Waals surface area (Å²) in [6, 6.07) is 7.03. The summed E-state index contributed by atoms with van der Waals surface area (Å²) in [5.74, 6) is -1.64. The van der Waals surface area contributed by atoms with Crippen LogP contribution in [0.15, 0.2) is 61.4 Å². The average Bonchev–Trinajstić information content (AvgIpc) is 3.15. The van der Waals surface area contributed by atoms with Gasteiger partial charge >= 0.3 is 23.6 Å². The van der Waals surface area contributed by atoms with Crippen molar-refractivity contribution in [3.63, 3.8) is 0 Å². The summed E-state index contributed by atoms with van der Waals surface area (Å²) in [5.41, 5.74) is -2.16. The third-order valence-corrected chi connectivity index (χ3v) is 6.67. The highest BCUT2D eigenvalue weighted by Gasteiger charge is 2.37. The maximum absolute atomic E-state index is 13.7. The number of fused-ring (bicyclic) bond motifs is 2. The molecular weight excluding hydrogens is 495 g/mol. The summed E-state index contributed by atoms with van der Waals surface area (Å²) in [6.45, 7) is 0. The summed E-state index contributed by atoms with van der Waals surface area (Å²) in [7, 11) is 2.57. The number of methoxy groups -OCH3 is 1. The Morgan fingerprint density at radius 2 is 1.89 bits per heavy atom. The van der Waals surface area contributed by atoms with Crippen molar-refractivity contribution in [1.29, 1.82) is 0 Å². The van der Waals surface area contributed by atoms with Gasteiger partial charge in [-0.1, -0.05) is 12.1 Å². The fraction of sp³-hybridized carbons (Fsp3) is 0.280. The lowest BCUT2D eigenvalue weighted by Crippen LogP contribution is -2.45. The van der Waals surface area contributed by atoms with Crippen LogP contribution in [0.25, 0.3) is 16.8 Å². The van der Waals surface area contributed by atoms with Crippen molar-refractivity contribution in [2.45, 2.75) is 31.5 Å². The third kappa shape index (κ3) is 3.88. The zero-order valence-corrected chi connectivity index (χ0v) is 19.7. The molecule has 192 valence electrons. The van der Waals surface area contributed by atoms with E-state index in [9.17, 15) is 32.3 Å². The van der Waals surface area contributed by atoms with Crippen molar-refractivity contribution >= 4 is 17.1 Å². The molecule has 1 aliphatic carbocycles. The molecule has 0 spiro atoms. The quantitative estimate of drug-likeness (QED) is 0.388.